The minimum absolute atomic E-state index is 0.0404. The summed E-state index contributed by atoms with van der Waals surface area (Å²) in [5.74, 6) is -6.54. The van der Waals surface area contributed by atoms with Crippen LogP contribution in [-0.2, 0) is 28.8 Å². The first kappa shape index (κ1) is 27.7. The van der Waals surface area contributed by atoms with Crippen LogP contribution in [-0.4, -0.2) is 76.5 Å². The number of primary amides is 1. The van der Waals surface area contributed by atoms with Crippen molar-refractivity contribution in [3.05, 3.63) is 0 Å². The molecule has 0 saturated heterocycles. The highest BCUT2D eigenvalue weighted by atomic mass is 16.4. The SMILES string of the molecule is CC(N)C(=O)NC(CC(=O)O)C(=O)NC(CCCCN)C(=O)NC(CC(N)=O)C(=O)O. The zero-order valence-electron chi connectivity index (χ0n) is 17.1. The summed E-state index contributed by atoms with van der Waals surface area (Å²) in [5, 5.41) is 24.7. The third-order valence-corrected chi connectivity index (χ3v) is 4.03. The molecule has 0 saturated carbocycles. The molecule has 0 fully saturated rings. The van der Waals surface area contributed by atoms with Crippen LogP contribution in [0.1, 0.15) is 39.0 Å². The standard InChI is InChI=1S/C17H30N6O8/c1-8(19)14(27)22-10(7-13(25)26)16(29)21-9(4-2-3-5-18)15(28)23-11(17(30)31)6-12(20)24/h8-11H,2-7,18-19H2,1H3,(H2,20,24)(H,21,29)(H,22,27)(H,23,28)(H,25,26)(H,30,31). The van der Waals surface area contributed by atoms with Crippen LogP contribution < -0.4 is 33.2 Å². The van der Waals surface area contributed by atoms with Crippen LogP contribution >= 0.6 is 0 Å². The number of carbonyl (C=O) groups excluding carboxylic acids is 4. The van der Waals surface area contributed by atoms with Gasteiger partial charge in [0.2, 0.25) is 23.6 Å². The maximum absolute atomic E-state index is 12.6. The topological polar surface area (TPSA) is 257 Å². The highest BCUT2D eigenvalue weighted by Crippen LogP contribution is 2.05. The molecule has 14 nitrogen and oxygen atoms in total. The Labute approximate surface area is 178 Å². The second-order valence-electron chi connectivity index (χ2n) is 6.86. The Bertz CT molecular complexity index is 684. The normalized spacial score (nSPS) is 14.4. The maximum atomic E-state index is 12.6. The fourth-order valence-corrected chi connectivity index (χ4v) is 2.39. The zero-order chi connectivity index (χ0) is 24.1. The van der Waals surface area contributed by atoms with Gasteiger partial charge in [-0.3, -0.25) is 24.0 Å². The average molecular weight is 446 g/mol. The Balaban J connectivity index is 5.47. The summed E-state index contributed by atoms with van der Waals surface area (Å²) in [6.45, 7) is 1.63. The molecule has 0 aliphatic rings. The first-order valence-electron chi connectivity index (χ1n) is 9.48. The van der Waals surface area contributed by atoms with E-state index in [0.29, 0.717) is 19.4 Å². The first-order chi connectivity index (χ1) is 14.4. The van der Waals surface area contributed by atoms with Crippen LogP contribution in [0.4, 0.5) is 0 Å². The lowest BCUT2D eigenvalue weighted by Gasteiger charge is -2.24. The lowest BCUT2D eigenvalue weighted by atomic mass is 10.1. The van der Waals surface area contributed by atoms with E-state index in [1.54, 1.807) is 0 Å². The van der Waals surface area contributed by atoms with Gasteiger partial charge in [-0.1, -0.05) is 0 Å². The van der Waals surface area contributed by atoms with Crippen LogP contribution in [0.25, 0.3) is 0 Å². The predicted octanol–water partition coefficient (Wildman–Crippen LogP) is -3.65. The Kier molecular flexibility index (Phi) is 12.4. The van der Waals surface area contributed by atoms with Crippen molar-refractivity contribution < 1.29 is 39.0 Å². The third-order valence-electron chi connectivity index (χ3n) is 4.03. The quantitative estimate of drug-likeness (QED) is 0.114. The molecule has 0 rings (SSSR count). The second kappa shape index (κ2) is 13.9. The van der Waals surface area contributed by atoms with E-state index in [1.165, 1.54) is 6.92 Å². The van der Waals surface area contributed by atoms with Crippen molar-refractivity contribution in [2.24, 2.45) is 17.2 Å². The van der Waals surface area contributed by atoms with Gasteiger partial charge in [0.25, 0.3) is 0 Å². The minimum Gasteiger partial charge on any atom is -0.481 e. The number of nitrogens with one attached hydrogen (secondary N) is 3. The molecule has 4 atom stereocenters. The Hall–Kier alpha value is -3.26. The van der Waals surface area contributed by atoms with E-state index in [2.05, 4.69) is 16.0 Å². The van der Waals surface area contributed by atoms with E-state index in [9.17, 15) is 28.8 Å². The van der Waals surface area contributed by atoms with Crippen molar-refractivity contribution >= 4 is 35.6 Å². The van der Waals surface area contributed by atoms with Gasteiger partial charge in [0.15, 0.2) is 0 Å². The highest BCUT2D eigenvalue weighted by Gasteiger charge is 2.31. The largest absolute Gasteiger partial charge is 0.481 e. The fourth-order valence-electron chi connectivity index (χ4n) is 2.39. The van der Waals surface area contributed by atoms with Gasteiger partial charge in [-0.2, -0.15) is 0 Å². The van der Waals surface area contributed by atoms with Gasteiger partial charge in [0.1, 0.15) is 18.1 Å². The summed E-state index contributed by atoms with van der Waals surface area (Å²) < 4.78 is 0. The number of aliphatic carboxylic acids is 2. The molecule has 0 aliphatic heterocycles. The van der Waals surface area contributed by atoms with E-state index in [4.69, 9.17) is 27.4 Å². The molecule has 0 heterocycles. The number of hydrogen-bond donors (Lipinski definition) is 8. The monoisotopic (exact) mass is 446 g/mol. The van der Waals surface area contributed by atoms with Crippen molar-refractivity contribution in [1.29, 1.82) is 0 Å². The molecule has 11 N–H and O–H groups in total. The van der Waals surface area contributed by atoms with E-state index >= 15 is 0 Å². The summed E-state index contributed by atoms with van der Waals surface area (Å²) in [7, 11) is 0. The number of hydrogen-bond acceptors (Lipinski definition) is 8. The van der Waals surface area contributed by atoms with Gasteiger partial charge in [-0.25, -0.2) is 4.79 Å². The van der Waals surface area contributed by atoms with Gasteiger partial charge in [0, 0.05) is 0 Å². The Morgan fingerprint density at radius 1 is 0.806 bits per heavy atom. The molecular weight excluding hydrogens is 416 g/mol. The molecule has 0 aromatic carbocycles. The lowest BCUT2D eigenvalue weighted by molar-refractivity contribution is -0.144. The maximum Gasteiger partial charge on any atom is 0.326 e. The fraction of sp³-hybridized carbons (Fsp3) is 0.647. The highest BCUT2D eigenvalue weighted by molar-refractivity contribution is 5.96. The molecule has 0 spiro atoms. The number of unbranched alkanes of at least 4 members (excludes halogenated alkanes) is 1. The molecule has 0 aliphatic carbocycles. The Morgan fingerprint density at radius 3 is 1.77 bits per heavy atom. The van der Waals surface area contributed by atoms with Crippen molar-refractivity contribution in [2.45, 2.75) is 63.2 Å². The molecule has 31 heavy (non-hydrogen) atoms. The predicted molar refractivity (Wildman–Crippen MR) is 106 cm³/mol. The van der Waals surface area contributed by atoms with Crippen LogP contribution in [0.5, 0.6) is 0 Å². The summed E-state index contributed by atoms with van der Waals surface area (Å²) in [6.07, 6.45) is -0.544. The summed E-state index contributed by atoms with van der Waals surface area (Å²) in [6, 6.07) is -5.44. The van der Waals surface area contributed by atoms with E-state index in [0.717, 1.165) is 0 Å². The molecule has 0 aromatic rings. The van der Waals surface area contributed by atoms with E-state index in [-0.39, 0.29) is 6.42 Å². The number of nitrogens with two attached hydrogens (primary N) is 3. The van der Waals surface area contributed by atoms with Crippen LogP contribution in [0, 0.1) is 0 Å². The number of carbonyl (C=O) groups is 6. The number of carboxylic acid groups (broad SMARTS) is 2. The molecule has 4 unspecified atom stereocenters. The molecule has 14 heteroatoms. The van der Waals surface area contributed by atoms with Crippen molar-refractivity contribution in [3.8, 4) is 0 Å². The summed E-state index contributed by atoms with van der Waals surface area (Å²) in [5.41, 5.74) is 15.8. The van der Waals surface area contributed by atoms with Gasteiger partial charge in [-0.15, -0.1) is 0 Å². The smallest absolute Gasteiger partial charge is 0.326 e. The molecular formula is C17H30N6O8. The average Bonchev–Trinajstić information content (AvgIpc) is 2.64. The van der Waals surface area contributed by atoms with Crippen molar-refractivity contribution in [3.63, 3.8) is 0 Å². The van der Waals surface area contributed by atoms with Gasteiger partial charge in [0.05, 0.1) is 18.9 Å². The number of rotatable bonds is 15. The van der Waals surface area contributed by atoms with Gasteiger partial charge in [-0.05, 0) is 32.7 Å². The van der Waals surface area contributed by atoms with Gasteiger partial charge < -0.3 is 43.4 Å². The van der Waals surface area contributed by atoms with Crippen molar-refractivity contribution in [2.75, 3.05) is 6.54 Å². The summed E-state index contributed by atoms with van der Waals surface area (Å²) in [4.78, 5) is 70.2. The summed E-state index contributed by atoms with van der Waals surface area (Å²) >= 11 is 0. The zero-order valence-corrected chi connectivity index (χ0v) is 17.1. The van der Waals surface area contributed by atoms with Crippen molar-refractivity contribution in [1.82, 2.24) is 16.0 Å². The lowest BCUT2D eigenvalue weighted by Crippen LogP contribution is -2.57. The number of amides is 4. The van der Waals surface area contributed by atoms with E-state index < -0.39 is 72.6 Å². The second-order valence-corrected chi connectivity index (χ2v) is 6.86. The third kappa shape index (κ3) is 11.5. The van der Waals surface area contributed by atoms with Crippen LogP contribution in [0.2, 0.25) is 0 Å². The van der Waals surface area contributed by atoms with Crippen LogP contribution in [0.3, 0.4) is 0 Å². The molecule has 4 amide bonds. The minimum atomic E-state index is -1.62. The Morgan fingerprint density at radius 2 is 1.32 bits per heavy atom. The molecule has 0 radical (unpaired) electrons. The molecule has 176 valence electrons. The first-order valence-corrected chi connectivity index (χ1v) is 9.48. The van der Waals surface area contributed by atoms with E-state index in [1.807, 2.05) is 0 Å². The molecule has 0 bridgehead atoms. The number of carboxylic acids is 2. The molecule has 0 aromatic heterocycles. The van der Waals surface area contributed by atoms with Gasteiger partial charge >= 0.3 is 11.9 Å². The van der Waals surface area contributed by atoms with Crippen LogP contribution in [0.15, 0.2) is 0 Å².